The van der Waals surface area contributed by atoms with Crippen LogP contribution < -0.4 is 15.5 Å². The molecule has 0 bridgehead atoms. The molecule has 0 aliphatic carbocycles. The Kier molecular flexibility index (Phi) is 6.18. The van der Waals surface area contributed by atoms with E-state index in [0.717, 1.165) is 50.8 Å². The lowest BCUT2D eigenvalue weighted by Gasteiger charge is -2.41. The number of amides is 1. The van der Waals surface area contributed by atoms with Crippen LogP contribution in [0, 0.1) is 0 Å². The molecule has 3 heterocycles. The van der Waals surface area contributed by atoms with Gasteiger partial charge < -0.3 is 25.3 Å². The molecule has 1 amide bonds. The van der Waals surface area contributed by atoms with Crippen LogP contribution in [0.4, 0.5) is 11.5 Å². The third-order valence-electron chi connectivity index (χ3n) is 5.58. The number of anilines is 2. The Balaban J connectivity index is 1.87. The summed E-state index contributed by atoms with van der Waals surface area (Å²) in [7, 11) is 3.82. The number of carbonyl (C=O) groups excluding carboxylic acids is 1. The lowest BCUT2D eigenvalue weighted by Crippen LogP contribution is -2.53. The lowest BCUT2D eigenvalue weighted by molar-refractivity contribution is -0.128. The number of nitrogens with zero attached hydrogens (tertiary/aromatic N) is 6. The molecule has 2 saturated heterocycles. The molecule has 0 spiro atoms. The first-order chi connectivity index (χ1) is 13.4. The molecule has 2 aliphatic heterocycles. The van der Waals surface area contributed by atoms with Crippen LogP contribution in [0.3, 0.4) is 0 Å². The van der Waals surface area contributed by atoms with Crippen molar-refractivity contribution in [1.82, 2.24) is 14.8 Å². The normalized spacial score (nSPS) is 21.8. The zero-order valence-electron chi connectivity index (χ0n) is 17.1. The van der Waals surface area contributed by atoms with E-state index >= 15 is 0 Å². The molecule has 1 aromatic rings. The van der Waals surface area contributed by atoms with Crippen molar-refractivity contribution in [3.8, 4) is 0 Å². The van der Waals surface area contributed by atoms with Crippen molar-refractivity contribution in [3.63, 3.8) is 0 Å². The maximum absolute atomic E-state index is 12.0. The monoisotopic (exact) mass is 385 g/mol. The fourth-order valence-electron chi connectivity index (χ4n) is 3.76. The molecule has 0 saturated carbocycles. The highest BCUT2D eigenvalue weighted by atomic mass is 16.2. The number of carbonyl (C=O) groups is 1. The van der Waals surface area contributed by atoms with E-state index in [1.807, 2.05) is 11.0 Å². The van der Waals surface area contributed by atoms with Crippen LogP contribution in [-0.4, -0.2) is 92.5 Å². The second-order valence-corrected chi connectivity index (χ2v) is 7.50. The van der Waals surface area contributed by atoms with E-state index in [9.17, 15) is 4.79 Å². The van der Waals surface area contributed by atoms with Gasteiger partial charge in [-0.05, 0) is 26.1 Å². The number of hydrogen-bond donors (Lipinski definition) is 1. The van der Waals surface area contributed by atoms with Crippen LogP contribution in [-0.2, 0) is 4.79 Å². The zero-order chi connectivity index (χ0) is 20.3. The van der Waals surface area contributed by atoms with Crippen LogP contribution in [0.25, 0.3) is 0 Å². The van der Waals surface area contributed by atoms with Gasteiger partial charge in [0.05, 0.1) is 0 Å². The average molecular weight is 386 g/mol. The van der Waals surface area contributed by atoms with Crippen molar-refractivity contribution < 1.29 is 4.79 Å². The number of rotatable bonds is 4. The molecule has 28 heavy (non-hydrogen) atoms. The third kappa shape index (κ3) is 4.27. The van der Waals surface area contributed by atoms with Gasteiger partial charge in [-0.2, -0.15) is 0 Å². The summed E-state index contributed by atoms with van der Waals surface area (Å²) in [6, 6.07) is 4.25. The van der Waals surface area contributed by atoms with Crippen molar-refractivity contribution in [2.75, 3.05) is 69.7 Å². The van der Waals surface area contributed by atoms with Gasteiger partial charge in [-0.3, -0.25) is 9.79 Å². The first-order valence-corrected chi connectivity index (χ1v) is 9.79. The number of piperazine rings is 2. The van der Waals surface area contributed by atoms with Gasteiger partial charge in [0.15, 0.2) is 0 Å². The van der Waals surface area contributed by atoms with Crippen molar-refractivity contribution in [3.05, 3.63) is 30.5 Å². The van der Waals surface area contributed by atoms with Crippen molar-refractivity contribution in [2.24, 2.45) is 10.7 Å². The molecule has 8 nitrogen and oxygen atoms in total. The first kappa shape index (κ1) is 20.1. The molecule has 2 aliphatic rings. The van der Waals surface area contributed by atoms with Crippen LogP contribution in [0.15, 0.2) is 29.8 Å². The summed E-state index contributed by atoms with van der Waals surface area (Å²) in [5.74, 6) is 1.36. The Morgan fingerprint density at radius 3 is 2.50 bits per heavy atom. The van der Waals surface area contributed by atoms with E-state index < -0.39 is 0 Å². The summed E-state index contributed by atoms with van der Waals surface area (Å²) in [4.78, 5) is 29.7. The fraction of sp³-hybridized carbons (Fsp3) is 0.550. The number of aromatic nitrogens is 1. The van der Waals surface area contributed by atoms with Crippen LogP contribution >= 0.6 is 0 Å². The molecule has 0 aromatic carbocycles. The van der Waals surface area contributed by atoms with Gasteiger partial charge in [-0.15, -0.1) is 0 Å². The largest absolute Gasteiger partial charge is 0.382 e. The highest BCUT2D eigenvalue weighted by molar-refractivity contribution is 5.97. The predicted molar refractivity (Wildman–Crippen MR) is 114 cm³/mol. The molecular formula is C20H31N7O. The van der Waals surface area contributed by atoms with Gasteiger partial charge in [0.25, 0.3) is 0 Å². The van der Waals surface area contributed by atoms with Gasteiger partial charge in [0, 0.05) is 70.7 Å². The van der Waals surface area contributed by atoms with Crippen LogP contribution in [0.1, 0.15) is 12.6 Å². The average Bonchev–Trinajstić information content (AvgIpc) is 2.72. The smallest absolute Gasteiger partial charge is 0.246 e. The number of pyridine rings is 1. The van der Waals surface area contributed by atoms with Gasteiger partial charge in [0.1, 0.15) is 17.3 Å². The predicted octanol–water partition coefficient (Wildman–Crippen LogP) is 0.392. The summed E-state index contributed by atoms with van der Waals surface area (Å²) < 4.78 is 0. The summed E-state index contributed by atoms with van der Waals surface area (Å²) in [5, 5.41) is 0. The van der Waals surface area contributed by atoms with Crippen molar-refractivity contribution in [2.45, 2.75) is 13.0 Å². The Bertz CT molecular complexity index is 755. The van der Waals surface area contributed by atoms with E-state index in [-0.39, 0.29) is 11.9 Å². The third-order valence-corrected chi connectivity index (χ3v) is 5.58. The highest BCUT2D eigenvalue weighted by Crippen LogP contribution is 2.25. The van der Waals surface area contributed by atoms with Crippen LogP contribution in [0.5, 0.6) is 0 Å². The minimum Gasteiger partial charge on any atom is -0.382 e. The Morgan fingerprint density at radius 1 is 1.21 bits per heavy atom. The standard InChI is InChI=1S/C20H31N7O/c1-5-19(28)27-11-10-26(14-15(27)2)16-12-17(20(21)22-3)23-18(13-16)25-8-6-24(4)7-9-25/h5,12-13,15H,1,6-11,14H2,2-4H3,(H2,21,22). The molecule has 1 atom stereocenters. The van der Waals surface area contributed by atoms with Gasteiger partial charge in [-0.25, -0.2) is 4.98 Å². The second-order valence-electron chi connectivity index (χ2n) is 7.50. The fourth-order valence-corrected chi connectivity index (χ4v) is 3.76. The Morgan fingerprint density at radius 2 is 1.89 bits per heavy atom. The number of likely N-dealkylation sites (N-methyl/N-ethyl adjacent to an activating group) is 1. The summed E-state index contributed by atoms with van der Waals surface area (Å²) >= 11 is 0. The Hall–Kier alpha value is -2.61. The van der Waals surface area contributed by atoms with Gasteiger partial charge >= 0.3 is 0 Å². The molecular weight excluding hydrogens is 354 g/mol. The number of amidine groups is 1. The number of aliphatic imine (C=N–C) groups is 1. The summed E-state index contributed by atoms with van der Waals surface area (Å²) in [6.45, 7) is 11.8. The van der Waals surface area contributed by atoms with Gasteiger partial charge in [0.2, 0.25) is 5.91 Å². The zero-order valence-corrected chi connectivity index (χ0v) is 17.1. The van der Waals surface area contributed by atoms with Crippen molar-refractivity contribution in [1.29, 1.82) is 0 Å². The van der Waals surface area contributed by atoms with E-state index in [1.165, 1.54) is 6.08 Å². The minimum absolute atomic E-state index is 0.0111. The van der Waals surface area contributed by atoms with Crippen molar-refractivity contribution >= 4 is 23.2 Å². The van der Waals surface area contributed by atoms with Gasteiger partial charge in [-0.1, -0.05) is 6.58 Å². The topological polar surface area (TPSA) is 81.3 Å². The van der Waals surface area contributed by atoms with E-state index in [2.05, 4.69) is 46.3 Å². The second kappa shape index (κ2) is 8.60. The molecule has 2 N–H and O–H groups in total. The maximum atomic E-state index is 12.0. The SMILES string of the molecule is C=CC(=O)N1CCN(c2cc(C(N)=NC)nc(N3CCN(C)CC3)c2)CC1C. The molecule has 3 rings (SSSR count). The number of nitrogens with two attached hydrogens (primary N) is 1. The summed E-state index contributed by atoms with van der Waals surface area (Å²) in [6.07, 6.45) is 1.39. The molecule has 0 radical (unpaired) electrons. The lowest BCUT2D eigenvalue weighted by atomic mass is 10.1. The molecule has 2 fully saturated rings. The minimum atomic E-state index is -0.0111. The quantitative estimate of drug-likeness (QED) is 0.459. The highest BCUT2D eigenvalue weighted by Gasteiger charge is 2.27. The first-order valence-electron chi connectivity index (χ1n) is 9.79. The molecule has 8 heteroatoms. The van der Waals surface area contributed by atoms with E-state index in [1.54, 1.807) is 7.05 Å². The molecule has 1 unspecified atom stereocenters. The van der Waals surface area contributed by atoms with E-state index in [0.29, 0.717) is 18.1 Å². The number of hydrogen-bond acceptors (Lipinski definition) is 6. The molecule has 152 valence electrons. The van der Waals surface area contributed by atoms with Crippen LogP contribution in [0.2, 0.25) is 0 Å². The maximum Gasteiger partial charge on any atom is 0.246 e. The van der Waals surface area contributed by atoms with E-state index in [4.69, 9.17) is 10.7 Å². The summed E-state index contributed by atoms with van der Waals surface area (Å²) in [5.41, 5.74) is 7.87. The molecule has 1 aromatic heterocycles. The Labute approximate surface area is 167 Å².